The van der Waals surface area contributed by atoms with Crippen molar-refractivity contribution in [1.29, 1.82) is 0 Å². The lowest BCUT2D eigenvalue weighted by Crippen LogP contribution is -2.31. The molecule has 0 aromatic heterocycles. The Morgan fingerprint density at radius 2 is 2.28 bits per heavy atom. The third-order valence-electron chi connectivity index (χ3n) is 3.36. The van der Waals surface area contributed by atoms with Gasteiger partial charge in [-0.1, -0.05) is 6.07 Å². The molecule has 0 radical (unpaired) electrons. The maximum Gasteiger partial charge on any atom is 0.126 e. The standard InChI is InChI=1S/C15H23NO2/c1-11(2)18-15-7-3-6-14(17)13(15)9-12-5-4-8-16-10-12/h3,6-7,11-12,16-17H,4-5,8-10H2,1-2H3. The zero-order chi connectivity index (χ0) is 13.0. The minimum Gasteiger partial charge on any atom is -0.508 e. The lowest BCUT2D eigenvalue weighted by molar-refractivity contribution is 0.236. The molecule has 100 valence electrons. The zero-order valence-electron chi connectivity index (χ0n) is 11.3. The number of phenols is 1. The van der Waals surface area contributed by atoms with Crippen molar-refractivity contribution in [3.05, 3.63) is 23.8 Å². The lowest BCUT2D eigenvalue weighted by Gasteiger charge is -2.24. The van der Waals surface area contributed by atoms with E-state index in [0.29, 0.717) is 11.7 Å². The summed E-state index contributed by atoms with van der Waals surface area (Å²) >= 11 is 0. The molecule has 2 N–H and O–H groups in total. The van der Waals surface area contributed by atoms with Gasteiger partial charge in [-0.2, -0.15) is 0 Å². The molecule has 1 aliphatic heterocycles. The Morgan fingerprint density at radius 1 is 1.44 bits per heavy atom. The summed E-state index contributed by atoms with van der Waals surface area (Å²) in [6.45, 7) is 6.17. The first kappa shape index (κ1) is 13.2. The molecule has 2 rings (SSSR count). The number of rotatable bonds is 4. The Kier molecular flexibility index (Phi) is 4.48. The van der Waals surface area contributed by atoms with Gasteiger partial charge in [-0.15, -0.1) is 0 Å². The van der Waals surface area contributed by atoms with Gasteiger partial charge in [-0.3, -0.25) is 0 Å². The molecule has 1 aliphatic rings. The Labute approximate surface area is 109 Å². The van der Waals surface area contributed by atoms with Gasteiger partial charge in [-0.05, 0) is 64.3 Å². The molecular formula is C15H23NO2. The first-order valence-corrected chi connectivity index (χ1v) is 6.85. The number of phenolic OH excluding ortho intramolecular Hbond substituents is 1. The summed E-state index contributed by atoms with van der Waals surface area (Å²) < 4.78 is 5.79. The quantitative estimate of drug-likeness (QED) is 0.862. The molecule has 0 saturated carbocycles. The van der Waals surface area contributed by atoms with Crippen LogP contribution in [0.3, 0.4) is 0 Å². The Morgan fingerprint density at radius 3 is 2.94 bits per heavy atom. The molecule has 3 nitrogen and oxygen atoms in total. The van der Waals surface area contributed by atoms with E-state index < -0.39 is 0 Å². The molecule has 1 aromatic rings. The van der Waals surface area contributed by atoms with Crippen molar-refractivity contribution in [2.24, 2.45) is 5.92 Å². The SMILES string of the molecule is CC(C)Oc1cccc(O)c1CC1CCCNC1. The zero-order valence-corrected chi connectivity index (χ0v) is 11.3. The van der Waals surface area contributed by atoms with Gasteiger partial charge < -0.3 is 15.2 Å². The Hall–Kier alpha value is -1.22. The highest BCUT2D eigenvalue weighted by Crippen LogP contribution is 2.32. The molecule has 1 fully saturated rings. The van der Waals surface area contributed by atoms with E-state index in [9.17, 15) is 5.11 Å². The van der Waals surface area contributed by atoms with Gasteiger partial charge in [0, 0.05) is 5.56 Å². The van der Waals surface area contributed by atoms with Crippen LogP contribution in [0.1, 0.15) is 32.3 Å². The highest BCUT2D eigenvalue weighted by atomic mass is 16.5. The van der Waals surface area contributed by atoms with E-state index in [1.165, 1.54) is 12.8 Å². The Balaban J connectivity index is 2.13. The highest BCUT2D eigenvalue weighted by Gasteiger charge is 2.18. The van der Waals surface area contributed by atoms with E-state index in [1.807, 2.05) is 26.0 Å². The van der Waals surface area contributed by atoms with Crippen molar-refractivity contribution in [3.8, 4) is 11.5 Å². The second kappa shape index (κ2) is 6.10. The molecule has 0 spiro atoms. The normalized spacial score (nSPS) is 20.1. The fourth-order valence-electron chi connectivity index (χ4n) is 2.51. The van der Waals surface area contributed by atoms with Gasteiger partial charge in [0.2, 0.25) is 0 Å². The fourth-order valence-corrected chi connectivity index (χ4v) is 2.51. The topological polar surface area (TPSA) is 41.5 Å². The van der Waals surface area contributed by atoms with Crippen LogP contribution in [0, 0.1) is 5.92 Å². The minimum atomic E-state index is 0.134. The number of nitrogens with one attached hydrogen (secondary N) is 1. The van der Waals surface area contributed by atoms with Crippen LogP contribution in [-0.2, 0) is 6.42 Å². The molecule has 1 heterocycles. The van der Waals surface area contributed by atoms with Gasteiger partial charge in [0.05, 0.1) is 6.10 Å². The van der Waals surface area contributed by atoms with Gasteiger partial charge >= 0.3 is 0 Å². The summed E-state index contributed by atoms with van der Waals surface area (Å²) in [5, 5.41) is 13.4. The van der Waals surface area contributed by atoms with E-state index in [-0.39, 0.29) is 6.10 Å². The predicted molar refractivity (Wildman–Crippen MR) is 73.2 cm³/mol. The monoisotopic (exact) mass is 249 g/mol. The van der Waals surface area contributed by atoms with Crippen molar-refractivity contribution < 1.29 is 9.84 Å². The molecule has 1 aromatic carbocycles. The van der Waals surface area contributed by atoms with Crippen molar-refractivity contribution in [1.82, 2.24) is 5.32 Å². The smallest absolute Gasteiger partial charge is 0.126 e. The van der Waals surface area contributed by atoms with Gasteiger partial charge in [-0.25, -0.2) is 0 Å². The number of hydrogen-bond acceptors (Lipinski definition) is 3. The molecule has 1 unspecified atom stereocenters. The van der Waals surface area contributed by atoms with Crippen LogP contribution in [0.15, 0.2) is 18.2 Å². The number of benzene rings is 1. The number of piperidine rings is 1. The summed E-state index contributed by atoms with van der Waals surface area (Å²) in [5.74, 6) is 1.79. The third-order valence-corrected chi connectivity index (χ3v) is 3.36. The van der Waals surface area contributed by atoms with Crippen molar-refractivity contribution in [2.45, 2.75) is 39.2 Å². The van der Waals surface area contributed by atoms with Crippen molar-refractivity contribution >= 4 is 0 Å². The summed E-state index contributed by atoms with van der Waals surface area (Å²) in [5.41, 5.74) is 0.958. The molecule has 1 atom stereocenters. The van der Waals surface area contributed by atoms with Crippen LogP contribution >= 0.6 is 0 Å². The van der Waals surface area contributed by atoms with Gasteiger partial charge in [0.15, 0.2) is 0 Å². The maximum absolute atomic E-state index is 10.0. The second-order valence-electron chi connectivity index (χ2n) is 5.34. The van der Waals surface area contributed by atoms with E-state index in [0.717, 1.165) is 30.8 Å². The van der Waals surface area contributed by atoms with E-state index >= 15 is 0 Å². The first-order valence-electron chi connectivity index (χ1n) is 6.85. The molecule has 1 saturated heterocycles. The summed E-state index contributed by atoms with van der Waals surface area (Å²) in [7, 11) is 0. The highest BCUT2D eigenvalue weighted by molar-refractivity contribution is 5.44. The van der Waals surface area contributed by atoms with E-state index in [4.69, 9.17) is 4.74 Å². The van der Waals surface area contributed by atoms with Crippen molar-refractivity contribution in [2.75, 3.05) is 13.1 Å². The first-order chi connectivity index (χ1) is 8.66. The average Bonchev–Trinajstić information content (AvgIpc) is 2.34. The Bertz CT molecular complexity index is 384. The van der Waals surface area contributed by atoms with Crippen LogP contribution in [0.2, 0.25) is 0 Å². The van der Waals surface area contributed by atoms with Crippen LogP contribution in [0.4, 0.5) is 0 Å². The van der Waals surface area contributed by atoms with Crippen LogP contribution in [0.25, 0.3) is 0 Å². The molecule has 0 bridgehead atoms. The van der Waals surface area contributed by atoms with Gasteiger partial charge in [0.1, 0.15) is 11.5 Å². The fraction of sp³-hybridized carbons (Fsp3) is 0.600. The molecular weight excluding hydrogens is 226 g/mol. The maximum atomic E-state index is 10.0. The number of aromatic hydroxyl groups is 1. The van der Waals surface area contributed by atoms with Crippen LogP contribution < -0.4 is 10.1 Å². The molecule has 18 heavy (non-hydrogen) atoms. The third kappa shape index (κ3) is 3.39. The summed E-state index contributed by atoms with van der Waals surface area (Å²) in [6.07, 6.45) is 3.47. The summed E-state index contributed by atoms with van der Waals surface area (Å²) in [6, 6.07) is 5.54. The predicted octanol–water partition coefficient (Wildman–Crippen LogP) is 2.72. The molecule has 3 heteroatoms. The number of hydrogen-bond donors (Lipinski definition) is 2. The largest absolute Gasteiger partial charge is 0.508 e. The van der Waals surface area contributed by atoms with Gasteiger partial charge in [0.25, 0.3) is 0 Å². The van der Waals surface area contributed by atoms with E-state index in [1.54, 1.807) is 6.07 Å². The average molecular weight is 249 g/mol. The number of ether oxygens (including phenoxy) is 1. The summed E-state index contributed by atoms with van der Waals surface area (Å²) in [4.78, 5) is 0. The molecule has 0 aliphatic carbocycles. The van der Waals surface area contributed by atoms with Crippen molar-refractivity contribution in [3.63, 3.8) is 0 Å². The van der Waals surface area contributed by atoms with Crippen LogP contribution in [0.5, 0.6) is 11.5 Å². The second-order valence-corrected chi connectivity index (χ2v) is 5.34. The van der Waals surface area contributed by atoms with E-state index in [2.05, 4.69) is 5.32 Å². The van der Waals surface area contributed by atoms with Crippen LogP contribution in [-0.4, -0.2) is 24.3 Å². The molecule has 0 amide bonds. The lowest BCUT2D eigenvalue weighted by atomic mass is 9.91. The minimum absolute atomic E-state index is 0.134.